The van der Waals surface area contributed by atoms with Crippen molar-refractivity contribution in [1.29, 1.82) is 0 Å². The van der Waals surface area contributed by atoms with Gasteiger partial charge in [-0.15, -0.1) is 0 Å². The lowest BCUT2D eigenvalue weighted by molar-refractivity contribution is 0.102. The number of hydrogen-bond donors (Lipinski definition) is 1. The van der Waals surface area contributed by atoms with E-state index >= 15 is 0 Å². The van der Waals surface area contributed by atoms with Crippen molar-refractivity contribution in [3.05, 3.63) is 53.9 Å². The van der Waals surface area contributed by atoms with E-state index in [9.17, 15) is 18.0 Å². The van der Waals surface area contributed by atoms with Crippen molar-refractivity contribution in [3.8, 4) is 0 Å². The first-order valence-corrected chi connectivity index (χ1v) is 4.79. The number of rotatable bonds is 2. The largest absolute Gasteiger partial charge is 0.319 e. The summed E-state index contributed by atoms with van der Waals surface area (Å²) in [5, 5.41) is 2.31. The van der Waals surface area contributed by atoms with Crippen molar-refractivity contribution in [2.24, 2.45) is 0 Å². The lowest BCUT2D eigenvalue weighted by atomic mass is 10.2. The lowest BCUT2D eigenvalue weighted by Crippen LogP contribution is -2.13. The van der Waals surface area contributed by atoms with Crippen molar-refractivity contribution in [2.75, 3.05) is 5.32 Å². The molecule has 7 heteroatoms. The quantitative estimate of drug-likeness (QED) is 0.834. The predicted molar refractivity (Wildman–Crippen MR) is 56.3 cm³/mol. The van der Waals surface area contributed by atoms with Crippen LogP contribution in [0, 0.1) is 17.5 Å². The van der Waals surface area contributed by atoms with Crippen molar-refractivity contribution >= 4 is 11.6 Å². The summed E-state index contributed by atoms with van der Waals surface area (Å²) in [6, 6.07) is 1.22. The Morgan fingerprint density at radius 1 is 1.06 bits per heavy atom. The highest BCUT2D eigenvalue weighted by Gasteiger charge is 2.15. The molecule has 2 aromatic rings. The number of benzene rings is 1. The van der Waals surface area contributed by atoms with Gasteiger partial charge < -0.3 is 5.32 Å². The molecule has 0 aliphatic heterocycles. The molecule has 1 aromatic heterocycles. The third-order valence-electron chi connectivity index (χ3n) is 2.06. The van der Waals surface area contributed by atoms with Gasteiger partial charge in [0.25, 0.3) is 5.91 Å². The number of carbonyl (C=O) groups excluding carboxylic acids is 1. The molecule has 18 heavy (non-hydrogen) atoms. The minimum absolute atomic E-state index is 0.257. The molecule has 0 unspecified atom stereocenters. The van der Waals surface area contributed by atoms with E-state index in [1.165, 1.54) is 18.7 Å². The molecule has 0 radical (unpaired) electrons. The number of anilines is 1. The second kappa shape index (κ2) is 4.82. The Bertz CT molecular complexity index is 566. The molecule has 1 N–H and O–H groups in total. The van der Waals surface area contributed by atoms with E-state index in [1.54, 1.807) is 0 Å². The maximum Gasteiger partial charge on any atom is 0.255 e. The average Bonchev–Trinajstić information content (AvgIpc) is 2.36. The standard InChI is InChI=1S/C11H6F3N3O/c12-8-1-6(2-9(13)10(8)14)11(18)17-7-3-15-5-16-4-7/h1-5H,(H,17,18). The molecule has 0 saturated heterocycles. The summed E-state index contributed by atoms with van der Waals surface area (Å²) < 4.78 is 38.5. The topological polar surface area (TPSA) is 54.9 Å². The SMILES string of the molecule is O=C(Nc1cncnc1)c1cc(F)c(F)c(F)c1. The van der Waals surface area contributed by atoms with Crippen molar-refractivity contribution < 1.29 is 18.0 Å². The summed E-state index contributed by atoms with van der Waals surface area (Å²) in [4.78, 5) is 18.9. The van der Waals surface area contributed by atoms with Gasteiger partial charge in [-0.2, -0.15) is 0 Å². The van der Waals surface area contributed by atoms with E-state index in [0.717, 1.165) is 0 Å². The first kappa shape index (κ1) is 12.0. The van der Waals surface area contributed by atoms with Gasteiger partial charge in [0.2, 0.25) is 0 Å². The molecule has 1 heterocycles. The highest BCUT2D eigenvalue weighted by molar-refractivity contribution is 6.04. The summed E-state index contributed by atoms with van der Waals surface area (Å²) in [6.45, 7) is 0. The molecule has 0 fully saturated rings. The van der Waals surface area contributed by atoms with Gasteiger partial charge in [0, 0.05) is 5.56 Å². The van der Waals surface area contributed by atoms with Gasteiger partial charge in [0.15, 0.2) is 17.5 Å². The molecular formula is C11H6F3N3O. The second-order valence-electron chi connectivity index (χ2n) is 3.34. The van der Waals surface area contributed by atoms with E-state index in [0.29, 0.717) is 12.1 Å². The molecule has 92 valence electrons. The van der Waals surface area contributed by atoms with Crippen LogP contribution in [0.15, 0.2) is 30.9 Å². The smallest absolute Gasteiger partial charge is 0.255 e. The summed E-state index contributed by atoms with van der Waals surface area (Å²) >= 11 is 0. The molecule has 0 atom stereocenters. The lowest BCUT2D eigenvalue weighted by Gasteiger charge is -2.05. The summed E-state index contributed by atoms with van der Waals surface area (Å²) in [5.74, 6) is -5.26. The number of hydrogen-bond acceptors (Lipinski definition) is 3. The third kappa shape index (κ3) is 2.45. The van der Waals surface area contributed by atoms with Crippen LogP contribution in [-0.4, -0.2) is 15.9 Å². The predicted octanol–water partition coefficient (Wildman–Crippen LogP) is 2.15. The molecule has 4 nitrogen and oxygen atoms in total. The minimum atomic E-state index is -1.62. The zero-order chi connectivity index (χ0) is 13.1. The number of halogens is 3. The third-order valence-corrected chi connectivity index (χ3v) is 2.06. The van der Waals surface area contributed by atoms with E-state index < -0.39 is 23.4 Å². The monoisotopic (exact) mass is 253 g/mol. The zero-order valence-electron chi connectivity index (χ0n) is 8.82. The minimum Gasteiger partial charge on any atom is -0.319 e. The molecule has 0 saturated carbocycles. The van der Waals surface area contributed by atoms with E-state index in [-0.39, 0.29) is 11.3 Å². The molecule has 0 spiro atoms. The fourth-order valence-electron chi connectivity index (χ4n) is 1.25. The fourth-order valence-corrected chi connectivity index (χ4v) is 1.25. The number of nitrogens with zero attached hydrogens (tertiary/aromatic N) is 2. The van der Waals surface area contributed by atoms with Crippen LogP contribution in [0.2, 0.25) is 0 Å². The molecule has 2 rings (SSSR count). The van der Waals surface area contributed by atoms with Gasteiger partial charge in [-0.1, -0.05) is 0 Å². The molecule has 0 aliphatic rings. The van der Waals surface area contributed by atoms with Gasteiger partial charge in [0.05, 0.1) is 18.1 Å². The summed E-state index contributed by atoms with van der Waals surface area (Å²) in [7, 11) is 0. The van der Waals surface area contributed by atoms with Crippen molar-refractivity contribution in [1.82, 2.24) is 9.97 Å². The normalized spacial score (nSPS) is 10.2. The maximum atomic E-state index is 12.9. The molecular weight excluding hydrogens is 247 g/mol. The Morgan fingerprint density at radius 3 is 2.17 bits per heavy atom. The summed E-state index contributed by atoms with van der Waals surface area (Å²) in [5.41, 5.74) is -0.0807. The van der Waals surface area contributed by atoms with Crippen LogP contribution in [0.3, 0.4) is 0 Å². The molecule has 1 amide bonds. The van der Waals surface area contributed by atoms with Crippen LogP contribution < -0.4 is 5.32 Å². The molecule has 0 aliphatic carbocycles. The van der Waals surface area contributed by atoms with Gasteiger partial charge in [-0.25, -0.2) is 23.1 Å². The van der Waals surface area contributed by atoms with Crippen LogP contribution in [0.4, 0.5) is 18.9 Å². The van der Waals surface area contributed by atoms with Crippen LogP contribution in [0.5, 0.6) is 0 Å². The Hall–Kier alpha value is -2.44. The van der Waals surface area contributed by atoms with Gasteiger partial charge in [-0.05, 0) is 12.1 Å². The molecule has 1 aromatic carbocycles. The van der Waals surface area contributed by atoms with E-state index in [1.807, 2.05) is 0 Å². The van der Waals surface area contributed by atoms with Gasteiger partial charge in [0.1, 0.15) is 6.33 Å². The average molecular weight is 253 g/mol. The van der Waals surface area contributed by atoms with Crippen molar-refractivity contribution in [3.63, 3.8) is 0 Å². The van der Waals surface area contributed by atoms with Gasteiger partial charge in [-0.3, -0.25) is 4.79 Å². The Morgan fingerprint density at radius 2 is 1.61 bits per heavy atom. The van der Waals surface area contributed by atoms with Crippen LogP contribution in [0.1, 0.15) is 10.4 Å². The van der Waals surface area contributed by atoms with Crippen LogP contribution >= 0.6 is 0 Å². The second-order valence-corrected chi connectivity index (χ2v) is 3.34. The number of aromatic nitrogens is 2. The highest BCUT2D eigenvalue weighted by Crippen LogP contribution is 2.14. The van der Waals surface area contributed by atoms with Crippen molar-refractivity contribution in [2.45, 2.75) is 0 Å². The Labute approximate surface area is 99.5 Å². The zero-order valence-corrected chi connectivity index (χ0v) is 8.82. The molecule has 0 bridgehead atoms. The number of nitrogens with one attached hydrogen (secondary N) is 1. The Kier molecular flexibility index (Phi) is 3.22. The maximum absolute atomic E-state index is 12.9. The van der Waals surface area contributed by atoms with Crippen LogP contribution in [0.25, 0.3) is 0 Å². The first-order valence-electron chi connectivity index (χ1n) is 4.79. The van der Waals surface area contributed by atoms with E-state index in [2.05, 4.69) is 15.3 Å². The fraction of sp³-hybridized carbons (Fsp3) is 0. The Balaban J connectivity index is 2.25. The number of amides is 1. The van der Waals surface area contributed by atoms with E-state index in [4.69, 9.17) is 0 Å². The first-order chi connectivity index (χ1) is 8.58. The van der Waals surface area contributed by atoms with Gasteiger partial charge >= 0.3 is 0 Å². The summed E-state index contributed by atoms with van der Waals surface area (Å²) in [6.07, 6.45) is 3.87. The highest BCUT2D eigenvalue weighted by atomic mass is 19.2. The number of carbonyl (C=O) groups is 1. The van der Waals surface area contributed by atoms with Crippen LogP contribution in [-0.2, 0) is 0 Å².